The predicted molar refractivity (Wildman–Crippen MR) is 119 cm³/mol. The van der Waals surface area contributed by atoms with E-state index in [-0.39, 0.29) is 0 Å². The highest BCUT2D eigenvalue weighted by atomic mass is 16.5. The molecular weight excluding hydrogens is 360 g/mol. The summed E-state index contributed by atoms with van der Waals surface area (Å²) in [6, 6.07) is 12.0. The molecule has 1 heterocycles. The lowest BCUT2D eigenvalue weighted by molar-refractivity contribution is 0.258. The number of phenols is 1. The normalized spacial score (nSPS) is 16.0. The van der Waals surface area contributed by atoms with Crippen molar-refractivity contribution in [1.82, 2.24) is 0 Å². The Morgan fingerprint density at radius 2 is 1.86 bits per heavy atom. The largest absolute Gasteiger partial charge is 0.508 e. The van der Waals surface area contributed by atoms with Gasteiger partial charge in [0.15, 0.2) is 0 Å². The van der Waals surface area contributed by atoms with Crippen LogP contribution in [0, 0.1) is 0 Å². The molecule has 0 spiro atoms. The highest BCUT2D eigenvalue weighted by molar-refractivity contribution is 5.52. The van der Waals surface area contributed by atoms with Crippen LogP contribution in [0.3, 0.4) is 0 Å². The predicted octanol–water partition coefficient (Wildman–Crippen LogP) is 6.35. The number of methoxy groups -OCH3 is 1. The Bertz CT molecular complexity index is 887. The van der Waals surface area contributed by atoms with Gasteiger partial charge in [0.25, 0.3) is 0 Å². The van der Waals surface area contributed by atoms with Crippen LogP contribution in [0.1, 0.15) is 56.2 Å². The first kappa shape index (κ1) is 21.0. The molecule has 0 unspecified atom stereocenters. The lowest BCUT2D eigenvalue weighted by Gasteiger charge is -2.28. The van der Waals surface area contributed by atoms with Gasteiger partial charge in [-0.05, 0) is 75.8 Å². The van der Waals surface area contributed by atoms with E-state index in [0.717, 1.165) is 36.3 Å². The van der Waals surface area contributed by atoms with Gasteiger partial charge in [0.2, 0.25) is 0 Å². The lowest BCUT2D eigenvalue weighted by Crippen LogP contribution is -2.20. The molecule has 3 rings (SSSR count). The number of ether oxygens (including phenoxy) is 2. The zero-order chi connectivity index (χ0) is 20.8. The van der Waals surface area contributed by atoms with Gasteiger partial charge in [0, 0.05) is 11.5 Å². The molecule has 1 atom stereocenters. The molecule has 1 aliphatic rings. The molecule has 0 fully saturated rings. The van der Waals surface area contributed by atoms with Gasteiger partial charge < -0.3 is 14.6 Å². The number of rotatable bonds is 7. The average Bonchev–Trinajstić information content (AvgIpc) is 2.72. The summed E-state index contributed by atoms with van der Waals surface area (Å²) in [5.41, 5.74) is 6.01. The minimum absolute atomic E-state index is 0.312. The van der Waals surface area contributed by atoms with Crippen LogP contribution in [0.5, 0.6) is 17.2 Å². The van der Waals surface area contributed by atoms with Gasteiger partial charge in [-0.2, -0.15) is 0 Å². The molecule has 1 N–H and O–H groups in total. The third-order valence-electron chi connectivity index (χ3n) is 5.55. The quantitative estimate of drug-likeness (QED) is 0.558. The first-order valence-corrected chi connectivity index (χ1v) is 10.4. The van der Waals surface area contributed by atoms with Gasteiger partial charge in [-0.3, -0.25) is 0 Å². The Hall–Kier alpha value is -2.68. The summed E-state index contributed by atoms with van der Waals surface area (Å²) in [7, 11) is 1.68. The third kappa shape index (κ3) is 5.44. The molecule has 3 nitrogen and oxygen atoms in total. The van der Waals surface area contributed by atoms with Crippen molar-refractivity contribution in [3.8, 4) is 17.2 Å². The molecular formula is C26H32O3. The number of benzene rings is 2. The molecule has 0 amide bonds. The first-order chi connectivity index (χ1) is 14.0. The summed E-state index contributed by atoms with van der Waals surface area (Å²) in [6.45, 7) is 7.04. The fraction of sp³-hybridized carbons (Fsp3) is 0.385. The van der Waals surface area contributed by atoms with E-state index < -0.39 is 0 Å². The van der Waals surface area contributed by atoms with E-state index >= 15 is 0 Å². The van der Waals surface area contributed by atoms with Crippen LogP contribution in [0.25, 0.3) is 0 Å². The maximum Gasteiger partial charge on any atom is 0.129 e. The molecule has 0 aromatic heterocycles. The molecule has 0 bridgehead atoms. The van der Waals surface area contributed by atoms with Crippen LogP contribution < -0.4 is 9.47 Å². The van der Waals surface area contributed by atoms with Crippen LogP contribution in [0.15, 0.2) is 59.7 Å². The van der Waals surface area contributed by atoms with Crippen molar-refractivity contribution in [3.63, 3.8) is 0 Å². The van der Waals surface area contributed by atoms with Crippen LogP contribution in [0.2, 0.25) is 0 Å². The molecule has 154 valence electrons. The number of allylic oxidation sites excluding steroid dienone is 4. The van der Waals surface area contributed by atoms with Crippen molar-refractivity contribution in [2.24, 2.45) is 0 Å². The number of hydrogen-bond acceptors (Lipinski definition) is 3. The molecule has 2 aromatic rings. The fourth-order valence-electron chi connectivity index (χ4n) is 3.77. The van der Waals surface area contributed by atoms with Gasteiger partial charge in [-0.15, -0.1) is 0 Å². The van der Waals surface area contributed by atoms with Gasteiger partial charge in [-0.25, -0.2) is 0 Å². The maximum absolute atomic E-state index is 10.4. The van der Waals surface area contributed by atoms with Crippen LogP contribution in [-0.2, 0) is 12.8 Å². The van der Waals surface area contributed by atoms with Crippen molar-refractivity contribution >= 4 is 0 Å². The summed E-state index contributed by atoms with van der Waals surface area (Å²) in [5.74, 6) is 2.36. The second-order valence-electron chi connectivity index (χ2n) is 8.11. The Kier molecular flexibility index (Phi) is 7.03. The minimum atomic E-state index is 0.312. The molecule has 0 saturated heterocycles. The SMILES string of the molecule is COc1ccc([C@@H]2COc3c(ccc(O)c3C/C=C(\C)CCC=C(C)C)C2)cc1. The Balaban J connectivity index is 1.73. The molecule has 0 radical (unpaired) electrons. The number of fused-ring (bicyclic) bond motifs is 1. The zero-order valence-corrected chi connectivity index (χ0v) is 18.0. The summed E-state index contributed by atoms with van der Waals surface area (Å²) < 4.78 is 11.4. The minimum Gasteiger partial charge on any atom is -0.508 e. The van der Waals surface area contributed by atoms with Crippen LogP contribution in [0.4, 0.5) is 0 Å². The van der Waals surface area contributed by atoms with E-state index in [9.17, 15) is 5.11 Å². The second-order valence-corrected chi connectivity index (χ2v) is 8.11. The van der Waals surface area contributed by atoms with Crippen molar-refractivity contribution in [1.29, 1.82) is 0 Å². The molecule has 3 heteroatoms. The van der Waals surface area contributed by atoms with E-state index in [4.69, 9.17) is 9.47 Å². The Labute approximate surface area is 174 Å². The van der Waals surface area contributed by atoms with Crippen LogP contribution in [-0.4, -0.2) is 18.8 Å². The van der Waals surface area contributed by atoms with Gasteiger partial charge >= 0.3 is 0 Å². The number of aromatic hydroxyl groups is 1. The third-order valence-corrected chi connectivity index (χ3v) is 5.55. The topological polar surface area (TPSA) is 38.7 Å². The zero-order valence-electron chi connectivity index (χ0n) is 18.0. The number of phenolic OH excluding ortho intramolecular Hbond substituents is 1. The molecule has 2 aromatic carbocycles. The first-order valence-electron chi connectivity index (χ1n) is 10.4. The summed E-state index contributed by atoms with van der Waals surface area (Å²) >= 11 is 0. The summed E-state index contributed by atoms with van der Waals surface area (Å²) in [4.78, 5) is 0. The van der Waals surface area contributed by atoms with E-state index in [2.05, 4.69) is 45.1 Å². The fourth-order valence-corrected chi connectivity index (χ4v) is 3.77. The van der Waals surface area contributed by atoms with E-state index in [1.54, 1.807) is 13.2 Å². The smallest absolute Gasteiger partial charge is 0.129 e. The van der Waals surface area contributed by atoms with Gasteiger partial charge in [0.1, 0.15) is 17.2 Å². The molecule has 0 saturated carbocycles. The van der Waals surface area contributed by atoms with Gasteiger partial charge in [0.05, 0.1) is 13.7 Å². The van der Waals surface area contributed by atoms with Gasteiger partial charge in [-0.1, -0.05) is 41.5 Å². The second kappa shape index (κ2) is 9.69. The monoisotopic (exact) mass is 392 g/mol. The van der Waals surface area contributed by atoms with Crippen molar-refractivity contribution < 1.29 is 14.6 Å². The lowest BCUT2D eigenvalue weighted by atomic mass is 9.88. The highest BCUT2D eigenvalue weighted by Crippen LogP contribution is 2.39. The highest BCUT2D eigenvalue weighted by Gasteiger charge is 2.24. The Morgan fingerprint density at radius 1 is 1.10 bits per heavy atom. The number of hydrogen-bond donors (Lipinski definition) is 1. The van der Waals surface area contributed by atoms with Crippen LogP contribution >= 0.6 is 0 Å². The standard InChI is InChI=1S/C26H32O3/c1-18(2)6-5-7-19(3)8-14-24-25(27)15-11-21-16-22(17-29-26(21)24)20-9-12-23(28-4)13-10-20/h6,8-13,15,22,27H,5,7,14,16-17H2,1-4H3/b19-8+/t22-/m0/s1. The van der Waals surface area contributed by atoms with E-state index in [0.29, 0.717) is 24.7 Å². The molecule has 0 aliphatic carbocycles. The van der Waals surface area contributed by atoms with Crippen molar-refractivity contribution in [2.75, 3.05) is 13.7 Å². The van der Waals surface area contributed by atoms with Crippen molar-refractivity contribution in [2.45, 2.75) is 52.4 Å². The Morgan fingerprint density at radius 3 is 2.55 bits per heavy atom. The van der Waals surface area contributed by atoms with E-state index in [1.165, 1.54) is 22.3 Å². The van der Waals surface area contributed by atoms with Crippen molar-refractivity contribution in [3.05, 3.63) is 76.4 Å². The average molecular weight is 393 g/mol. The summed E-state index contributed by atoms with van der Waals surface area (Å²) in [6.07, 6.45) is 8.20. The maximum atomic E-state index is 10.4. The molecule has 29 heavy (non-hydrogen) atoms. The molecule has 1 aliphatic heterocycles. The van der Waals surface area contributed by atoms with E-state index in [1.807, 2.05) is 18.2 Å². The summed E-state index contributed by atoms with van der Waals surface area (Å²) in [5, 5.41) is 10.4.